The van der Waals surface area contributed by atoms with Gasteiger partial charge in [0, 0.05) is 44.9 Å². The molecule has 6 heteroatoms. The number of amides is 2. The van der Waals surface area contributed by atoms with Gasteiger partial charge in [-0.3, -0.25) is 9.59 Å². The second-order valence-corrected chi connectivity index (χ2v) is 8.03. The molecule has 0 unspecified atom stereocenters. The van der Waals surface area contributed by atoms with Crippen molar-refractivity contribution in [2.75, 3.05) is 19.6 Å². The van der Waals surface area contributed by atoms with Crippen LogP contribution in [0.4, 0.5) is 0 Å². The molecule has 150 valence electrons. The molecule has 6 nitrogen and oxygen atoms in total. The van der Waals surface area contributed by atoms with Crippen LogP contribution in [0.2, 0.25) is 0 Å². The number of benzene rings is 1. The minimum absolute atomic E-state index is 0.166. The van der Waals surface area contributed by atoms with Gasteiger partial charge in [-0.25, -0.2) is 4.98 Å². The highest BCUT2D eigenvalue weighted by Crippen LogP contribution is 2.28. The van der Waals surface area contributed by atoms with Crippen molar-refractivity contribution in [3.63, 3.8) is 0 Å². The van der Waals surface area contributed by atoms with Crippen molar-refractivity contribution >= 4 is 22.8 Å². The van der Waals surface area contributed by atoms with Crippen molar-refractivity contribution in [3.05, 3.63) is 30.1 Å². The van der Waals surface area contributed by atoms with Gasteiger partial charge in [0.2, 0.25) is 11.8 Å². The van der Waals surface area contributed by atoms with Gasteiger partial charge in [-0.1, -0.05) is 25.0 Å². The summed E-state index contributed by atoms with van der Waals surface area (Å²) < 4.78 is 2.16. The van der Waals surface area contributed by atoms with Crippen LogP contribution in [0.3, 0.4) is 0 Å². The number of imidazole rings is 1. The van der Waals surface area contributed by atoms with E-state index in [9.17, 15) is 9.59 Å². The minimum Gasteiger partial charge on any atom is -0.355 e. The predicted molar refractivity (Wildman–Crippen MR) is 109 cm³/mol. The fourth-order valence-corrected chi connectivity index (χ4v) is 4.04. The Morgan fingerprint density at radius 3 is 2.57 bits per heavy atom. The number of carbonyl (C=O) groups excluding carboxylic acids is 2. The van der Waals surface area contributed by atoms with E-state index in [0.717, 1.165) is 55.6 Å². The third-order valence-electron chi connectivity index (χ3n) is 5.84. The fourth-order valence-electron chi connectivity index (χ4n) is 4.04. The molecule has 1 N–H and O–H groups in total. The number of hydrogen-bond acceptors (Lipinski definition) is 3. The first-order valence-corrected chi connectivity index (χ1v) is 10.7. The molecule has 2 aromatic rings. The Hall–Kier alpha value is -2.37. The van der Waals surface area contributed by atoms with Gasteiger partial charge in [-0.2, -0.15) is 0 Å². The molecule has 0 atom stereocenters. The normalized spacial score (nSPS) is 17.5. The zero-order valence-corrected chi connectivity index (χ0v) is 16.5. The van der Waals surface area contributed by atoms with Crippen LogP contribution in [-0.2, 0) is 22.6 Å². The first kappa shape index (κ1) is 19.0. The van der Waals surface area contributed by atoms with Gasteiger partial charge in [-0.05, 0) is 37.8 Å². The zero-order valence-electron chi connectivity index (χ0n) is 16.5. The first-order valence-electron chi connectivity index (χ1n) is 10.7. The SMILES string of the molecule is O=C(NCCc1nc2ccccc2n1CCC(=O)N1CCCCCC1)C1CC1. The number of carbonyl (C=O) groups is 2. The summed E-state index contributed by atoms with van der Waals surface area (Å²) in [7, 11) is 0. The quantitative estimate of drug-likeness (QED) is 0.801. The Bertz CT molecular complexity index is 832. The Balaban J connectivity index is 1.42. The summed E-state index contributed by atoms with van der Waals surface area (Å²) in [4.78, 5) is 31.4. The number of nitrogens with zero attached hydrogens (tertiary/aromatic N) is 3. The largest absolute Gasteiger partial charge is 0.355 e. The third kappa shape index (κ3) is 4.54. The van der Waals surface area contributed by atoms with Crippen LogP contribution in [-0.4, -0.2) is 45.9 Å². The number of aromatic nitrogens is 2. The van der Waals surface area contributed by atoms with Crippen LogP contribution < -0.4 is 5.32 Å². The lowest BCUT2D eigenvalue weighted by molar-refractivity contribution is -0.131. The molecule has 2 heterocycles. The lowest BCUT2D eigenvalue weighted by atomic mass is 10.2. The summed E-state index contributed by atoms with van der Waals surface area (Å²) >= 11 is 0. The molecule has 1 saturated carbocycles. The Kier molecular flexibility index (Phi) is 5.93. The smallest absolute Gasteiger partial charge is 0.224 e. The van der Waals surface area contributed by atoms with E-state index >= 15 is 0 Å². The molecule has 1 aliphatic heterocycles. The summed E-state index contributed by atoms with van der Waals surface area (Å²) in [5, 5.41) is 3.02. The highest BCUT2D eigenvalue weighted by atomic mass is 16.2. The number of rotatable bonds is 7. The molecule has 1 aromatic carbocycles. The van der Waals surface area contributed by atoms with Gasteiger partial charge in [0.1, 0.15) is 5.82 Å². The van der Waals surface area contributed by atoms with Crippen molar-refractivity contribution in [1.29, 1.82) is 0 Å². The van der Waals surface area contributed by atoms with E-state index in [4.69, 9.17) is 4.98 Å². The van der Waals surface area contributed by atoms with Gasteiger partial charge in [0.25, 0.3) is 0 Å². The van der Waals surface area contributed by atoms with E-state index in [0.29, 0.717) is 25.9 Å². The number of fused-ring (bicyclic) bond motifs is 1. The second-order valence-electron chi connectivity index (χ2n) is 8.03. The molecule has 1 aliphatic carbocycles. The van der Waals surface area contributed by atoms with Crippen LogP contribution in [0.5, 0.6) is 0 Å². The van der Waals surface area contributed by atoms with Gasteiger partial charge < -0.3 is 14.8 Å². The van der Waals surface area contributed by atoms with E-state index in [2.05, 4.69) is 16.0 Å². The maximum Gasteiger partial charge on any atom is 0.224 e. The fraction of sp³-hybridized carbons (Fsp3) is 0.591. The second kappa shape index (κ2) is 8.76. The standard InChI is InChI=1S/C22H30N4O2/c27-21(25-14-5-1-2-6-15-25)12-16-26-19-8-4-3-7-18(19)24-20(26)11-13-23-22(28)17-9-10-17/h3-4,7-8,17H,1-2,5-6,9-16H2,(H,23,28). The molecule has 2 fully saturated rings. The summed E-state index contributed by atoms with van der Waals surface area (Å²) in [6.07, 6.45) is 7.91. The molecule has 2 aliphatic rings. The van der Waals surface area contributed by atoms with E-state index in [1.165, 1.54) is 12.8 Å². The van der Waals surface area contributed by atoms with E-state index in [1.54, 1.807) is 0 Å². The van der Waals surface area contributed by atoms with Crippen LogP contribution in [0.25, 0.3) is 11.0 Å². The summed E-state index contributed by atoms with van der Waals surface area (Å²) in [5.41, 5.74) is 2.02. The molecular formula is C22H30N4O2. The summed E-state index contributed by atoms with van der Waals surface area (Å²) in [5.74, 6) is 1.58. The Labute approximate surface area is 166 Å². The molecule has 2 amide bonds. The predicted octanol–water partition coefficient (Wildman–Crippen LogP) is 2.90. The molecular weight excluding hydrogens is 352 g/mol. The molecule has 0 spiro atoms. The third-order valence-corrected chi connectivity index (χ3v) is 5.84. The molecule has 0 radical (unpaired) electrons. The molecule has 1 aromatic heterocycles. The Morgan fingerprint density at radius 2 is 1.82 bits per heavy atom. The van der Waals surface area contributed by atoms with Gasteiger partial charge in [0.05, 0.1) is 11.0 Å². The summed E-state index contributed by atoms with van der Waals surface area (Å²) in [6, 6.07) is 8.07. The van der Waals surface area contributed by atoms with Gasteiger partial charge >= 0.3 is 0 Å². The van der Waals surface area contributed by atoms with E-state index in [1.807, 2.05) is 23.1 Å². The van der Waals surface area contributed by atoms with E-state index in [-0.39, 0.29) is 17.7 Å². The number of likely N-dealkylation sites (tertiary alicyclic amines) is 1. The number of para-hydroxylation sites is 2. The average molecular weight is 383 g/mol. The van der Waals surface area contributed by atoms with Crippen molar-refractivity contribution < 1.29 is 9.59 Å². The van der Waals surface area contributed by atoms with Gasteiger partial charge in [-0.15, -0.1) is 0 Å². The van der Waals surface area contributed by atoms with Crippen molar-refractivity contribution in [3.8, 4) is 0 Å². The monoisotopic (exact) mass is 382 g/mol. The van der Waals surface area contributed by atoms with Crippen LogP contribution in [0, 0.1) is 5.92 Å². The van der Waals surface area contributed by atoms with E-state index < -0.39 is 0 Å². The number of aryl methyl sites for hydroxylation is 1. The average Bonchev–Trinajstić information content (AvgIpc) is 3.52. The molecule has 1 saturated heterocycles. The zero-order chi connectivity index (χ0) is 19.3. The van der Waals surface area contributed by atoms with Crippen molar-refractivity contribution in [2.45, 2.75) is 57.9 Å². The molecule has 4 rings (SSSR count). The number of hydrogen-bond donors (Lipinski definition) is 1. The maximum absolute atomic E-state index is 12.7. The minimum atomic E-state index is 0.166. The molecule has 28 heavy (non-hydrogen) atoms. The van der Waals surface area contributed by atoms with Crippen LogP contribution in [0.15, 0.2) is 24.3 Å². The lowest BCUT2D eigenvalue weighted by Crippen LogP contribution is -2.32. The highest BCUT2D eigenvalue weighted by Gasteiger charge is 2.29. The maximum atomic E-state index is 12.7. The van der Waals surface area contributed by atoms with Crippen LogP contribution in [0.1, 0.15) is 50.8 Å². The van der Waals surface area contributed by atoms with Crippen molar-refractivity contribution in [2.24, 2.45) is 5.92 Å². The number of nitrogens with one attached hydrogen (secondary N) is 1. The highest BCUT2D eigenvalue weighted by molar-refractivity contribution is 5.81. The Morgan fingerprint density at radius 1 is 1.07 bits per heavy atom. The van der Waals surface area contributed by atoms with Crippen LogP contribution >= 0.6 is 0 Å². The topological polar surface area (TPSA) is 67.2 Å². The lowest BCUT2D eigenvalue weighted by Gasteiger charge is -2.20. The first-order chi connectivity index (χ1) is 13.7. The summed E-state index contributed by atoms with van der Waals surface area (Å²) in [6.45, 7) is 3.02. The van der Waals surface area contributed by atoms with Gasteiger partial charge in [0.15, 0.2) is 0 Å². The molecule has 0 bridgehead atoms. The van der Waals surface area contributed by atoms with Crippen molar-refractivity contribution in [1.82, 2.24) is 19.8 Å².